The quantitative estimate of drug-likeness (QED) is 0.845. The number of aromatic nitrogens is 2. The summed E-state index contributed by atoms with van der Waals surface area (Å²) >= 11 is 0. The van der Waals surface area contributed by atoms with Gasteiger partial charge in [-0.2, -0.15) is 5.10 Å². The van der Waals surface area contributed by atoms with Gasteiger partial charge >= 0.3 is 0 Å². The van der Waals surface area contributed by atoms with Gasteiger partial charge in [0.2, 0.25) is 0 Å². The standard InChI is InChI=1S/C16H28N4O/c1-4-10-17-13-6-8-14(9-7-13)18-16(21)15-11-12(3)19-20(15)5-2/h11,13-14,17H,4-10H2,1-3H3,(H,18,21). The number of carbonyl (C=O) groups is 1. The minimum atomic E-state index is 0.0161. The molecular weight excluding hydrogens is 264 g/mol. The third kappa shape index (κ3) is 4.30. The van der Waals surface area contributed by atoms with Gasteiger partial charge in [-0.1, -0.05) is 6.92 Å². The molecule has 0 aromatic carbocycles. The van der Waals surface area contributed by atoms with Crippen LogP contribution in [0.5, 0.6) is 0 Å². The molecule has 0 radical (unpaired) electrons. The molecule has 1 aliphatic carbocycles. The Morgan fingerprint density at radius 2 is 1.95 bits per heavy atom. The summed E-state index contributed by atoms with van der Waals surface area (Å²) < 4.78 is 1.78. The summed E-state index contributed by atoms with van der Waals surface area (Å²) in [6, 6.07) is 2.80. The summed E-state index contributed by atoms with van der Waals surface area (Å²) in [4.78, 5) is 12.4. The van der Waals surface area contributed by atoms with E-state index in [1.807, 2.05) is 19.9 Å². The lowest BCUT2D eigenvalue weighted by Gasteiger charge is -2.29. The predicted molar refractivity (Wildman–Crippen MR) is 84.4 cm³/mol. The first-order chi connectivity index (χ1) is 10.1. The van der Waals surface area contributed by atoms with E-state index in [9.17, 15) is 4.79 Å². The summed E-state index contributed by atoms with van der Waals surface area (Å²) in [5.74, 6) is 0.0161. The number of amides is 1. The Morgan fingerprint density at radius 3 is 2.57 bits per heavy atom. The second kappa shape index (κ2) is 7.59. The van der Waals surface area contributed by atoms with Crippen molar-refractivity contribution in [3.05, 3.63) is 17.5 Å². The topological polar surface area (TPSA) is 58.9 Å². The first-order valence-electron chi connectivity index (χ1n) is 8.22. The van der Waals surface area contributed by atoms with Crippen LogP contribution >= 0.6 is 0 Å². The maximum Gasteiger partial charge on any atom is 0.269 e. The predicted octanol–water partition coefficient (Wildman–Crippen LogP) is 2.25. The summed E-state index contributed by atoms with van der Waals surface area (Å²) in [5, 5.41) is 11.1. The minimum Gasteiger partial charge on any atom is -0.348 e. The normalized spacial score (nSPS) is 22.2. The van der Waals surface area contributed by atoms with Crippen molar-refractivity contribution in [1.82, 2.24) is 20.4 Å². The third-order valence-electron chi connectivity index (χ3n) is 4.18. The van der Waals surface area contributed by atoms with Gasteiger partial charge in [0.25, 0.3) is 5.91 Å². The van der Waals surface area contributed by atoms with Gasteiger partial charge in [-0.15, -0.1) is 0 Å². The van der Waals surface area contributed by atoms with Crippen molar-refractivity contribution < 1.29 is 4.79 Å². The number of carbonyl (C=O) groups excluding carboxylic acids is 1. The van der Waals surface area contributed by atoms with Crippen LogP contribution in [0.3, 0.4) is 0 Å². The van der Waals surface area contributed by atoms with Crippen molar-refractivity contribution in [2.24, 2.45) is 0 Å². The van der Waals surface area contributed by atoms with Gasteiger partial charge in [0.15, 0.2) is 0 Å². The molecule has 0 bridgehead atoms. The molecule has 0 saturated heterocycles. The minimum absolute atomic E-state index is 0.0161. The maximum absolute atomic E-state index is 12.4. The molecule has 2 rings (SSSR count). The number of aryl methyl sites for hydroxylation is 2. The van der Waals surface area contributed by atoms with Gasteiger partial charge in [0.1, 0.15) is 5.69 Å². The van der Waals surface area contributed by atoms with E-state index in [4.69, 9.17) is 0 Å². The molecule has 1 amide bonds. The van der Waals surface area contributed by atoms with Crippen molar-refractivity contribution in [3.63, 3.8) is 0 Å². The number of hydrogen-bond donors (Lipinski definition) is 2. The number of hydrogen-bond acceptors (Lipinski definition) is 3. The Morgan fingerprint density at radius 1 is 1.29 bits per heavy atom. The first kappa shape index (κ1) is 16.0. The molecule has 1 aromatic heterocycles. The summed E-state index contributed by atoms with van der Waals surface area (Å²) in [7, 11) is 0. The molecule has 1 aliphatic rings. The molecule has 0 spiro atoms. The van der Waals surface area contributed by atoms with Gasteiger partial charge < -0.3 is 10.6 Å². The van der Waals surface area contributed by atoms with Gasteiger partial charge in [-0.3, -0.25) is 9.48 Å². The fourth-order valence-corrected chi connectivity index (χ4v) is 3.02. The Labute approximate surface area is 127 Å². The van der Waals surface area contributed by atoms with E-state index < -0.39 is 0 Å². The number of rotatable bonds is 6. The van der Waals surface area contributed by atoms with Gasteiger partial charge in [0, 0.05) is 18.6 Å². The van der Waals surface area contributed by atoms with Crippen LogP contribution in [0.15, 0.2) is 6.07 Å². The zero-order chi connectivity index (χ0) is 15.2. The van der Waals surface area contributed by atoms with Gasteiger partial charge in [0.05, 0.1) is 5.69 Å². The van der Waals surface area contributed by atoms with Crippen molar-refractivity contribution >= 4 is 5.91 Å². The molecule has 0 atom stereocenters. The van der Waals surface area contributed by atoms with Crippen molar-refractivity contribution in [3.8, 4) is 0 Å². The smallest absolute Gasteiger partial charge is 0.269 e. The van der Waals surface area contributed by atoms with Crippen LogP contribution in [0.4, 0.5) is 0 Å². The zero-order valence-corrected chi connectivity index (χ0v) is 13.5. The van der Waals surface area contributed by atoms with Crippen LogP contribution in [0.2, 0.25) is 0 Å². The van der Waals surface area contributed by atoms with E-state index >= 15 is 0 Å². The van der Waals surface area contributed by atoms with Crippen LogP contribution in [-0.4, -0.2) is 34.3 Å². The first-order valence-corrected chi connectivity index (χ1v) is 8.22. The van der Waals surface area contributed by atoms with Crippen molar-refractivity contribution in [1.29, 1.82) is 0 Å². The third-order valence-corrected chi connectivity index (χ3v) is 4.18. The Hall–Kier alpha value is -1.36. The molecular formula is C16H28N4O. The highest BCUT2D eigenvalue weighted by atomic mass is 16.2. The Balaban J connectivity index is 1.84. The number of nitrogens with one attached hydrogen (secondary N) is 2. The average molecular weight is 292 g/mol. The van der Waals surface area contributed by atoms with Gasteiger partial charge in [-0.05, 0) is 58.6 Å². The molecule has 2 N–H and O–H groups in total. The van der Waals surface area contributed by atoms with Crippen LogP contribution in [-0.2, 0) is 6.54 Å². The summed E-state index contributed by atoms with van der Waals surface area (Å²) in [5.41, 5.74) is 1.58. The lowest BCUT2D eigenvalue weighted by molar-refractivity contribution is 0.0913. The van der Waals surface area contributed by atoms with Gasteiger partial charge in [-0.25, -0.2) is 0 Å². The molecule has 0 unspecified atom stereocenters. The van der Waals surface area contributed by atoms with E-state index in [0.717, 1.165) is 44.5 Å². The molecule has 0 aliphatic heterocycles. The van der Waals surface area contributed by atoms with Crippen molar-refractivity contribution in [2.75, 3.05) is 6.54 Å². The lowest BCUT2D eigenvalue weighted by atomic mass is 9.91. The van der Waals surface area contributed by atoms with Crippen LogP contribution in [0.1, 0.15) is 62.1 Å². The molecule has 1 heterocycles. The van der Waals surface area contributed by atoms with E-state index in [2.05, 4.69) is 22.7 Å². The molecule has 1 fully saturated rings. The summed E-state index contributed by atoms with van der Waals surface area (Å²) in [6.07, 6.45) is 5.60. The second-order valence-electron chi connectivity index (χ2n) is 5.96. The average Bonchev–Trinajstić information content (AvgIpc) is 2.88. The summed E-state index contributed by atoms with van der Waals surface area (Å²) in [6.45, 7) is 7.94. The zero-order valence-electron chi connectivity index (χ0n) is 13.5. The van der Waals surface area contributed by atoms with E-state index in [-0.39, 0.29) is 5.91 Å². The highest BCUT2D eigenvalue weighted by molar-refractivity contribution is 5.92. The highest BCUT2D eigenvalue weighted by Crippen LogP contribution is 2.19. The molecule has 21 heavy (non-hydrogen) atoms. The van der Waals surface area contributed by atoms with Crippen LogP contribution in [0.25, 0.3) is 0 Å². The molecule has 5 heteroatoms. The van der Waals surface area contributed by atoms with Crippen molar-refractivity contribution in [2.45, 2.75) is 71.5 Å². The fourth-order valence-electron chi connectivity index (χ4n) is 3.02. The Kier molecular flexibility index (Phi) is 5.79. The maximum atomic E-state index is 12.4. The number of nitrogens with zero attached hydrogens (tertiary/aromatic N) is 2. The van der Waals surface area contributed by atoms with Crippen LogP contribution in [0, 0.1) is 6.92 Å². The highest BCUT2D eigenvalue weighted by Gasteiger charge is 2.23. The largest absolute Gasteiger partial charge is 0.348 e. The van der Waals surface area contributed by atoms with Crippen LogP contribution < -0.4 is 10.6 Å². The Bertz CT molecular complexity index is 461. The fraction of sp³-hybridized carbons (Fsp3) is 0.750. The molecule has 5 nitrogen and oxygen atoms in total. The second-order valence-corrected chi connectivity index (χ2v) is 5.96. The van der Waals surface area contributed by atoms with E-state index in [1.54, 1.807) is 4.68 Å². The van der Waals surface area contributed by atoms with E-state index in [0.29, 0.717) is 17.8 Å². The molecule has 118 valence electrons. The molecule has 1 saturated carbocycles. The van der Waals surface area contributed by atoms with E-state index in [1.165, 1.54) is 6.42 Å². The lowest BCUT2D eigenvalue weighted by Crippen LogP contribution is -2.42. The monoisotopic (exact) mass is 292 g/mol. The molecule has 1 aromatic rings. The SMILES string of the molecule is CCCNC1CCC(NC(=O)c2cc(C)nn2CC)CC1.